The minimum atomic E-state index is -0.589. The molecule has 0 saturated heterocycles. The average molecular weight is 350 g/mol. The lowest BCUT2D eigenvalue weighted by Gasteiger charge is -2.14. The average Bonchev–Trinajstić information content (AvgIpc) is 3.37. The van der Waals surface area contributed by atoms with Crippen molar-refractivity contribution in [2.24, 2.45) is 0 Å². The fraction of sp³-hybridized carbons (Fsp3) is 0.350. The molecule has 1 fully saturated rings. The number of carbonyl (C=O) groups excluding carboxylic acids is 1. The summed E-state index contributed by atoms with van der Waals surface area (Å²) in [5.74, 6) is 0.338. The molecule has 6 nitrogen and oxygen atoms in total. The number of aromatic nitrogens is 3. The van der Waals surface area contributed by atoms with Crippen LogP contribution in [-0.4, -0.2) is 32.8 Å². The Morgan fingerprint density at radius 3 is 2.69 bits per heavy atom. The maximum Gasteiger partial charge on any atom is 0.261 e. The van der Waals surface area contributed by atoms with Gasteiger partial charge in [0.25, 0.3) is 5.91 Å². The molecular weight excluding hydrogens is 328 g/mol. The van der Waals surface area contributed by atoms with Gasteiger partial charge in [-0.2, -0.15) is 10.1 Å². The fourth-order valence-corrected chi connectivity index (χ4v) is 3.06. The molecular formula is C20H22N4O2. The van der Waals surface area contributed by atoms with Crippen LogP contribution in [0.5, 0.6) is 5.88 Å². The van der Waals surface area contributed by atoms with Crippen LogP contribution in [0.25, 0.3) is 16.7 Å². The van der Waals surface area contributed by atoms with Gasteiger partial charge in [-0.25, -0.2) is 4.68 Å². The molecule has 1 unspecified atom stereocenters. The molecule has 1 aliphatic carbocycles. The predicted molar refractivity (Wildman–Crippen MR) is 99.6 cm³/mol. The second-order valence-electron chi connectivity index (χ2n) is 6.85. The van der Waals surface area contributed by atoms with E-state index in [4.69, 9.17) is 4.74 Å². The molecule has 0 spiro atoms. The van der Waals surface area contributed by atoms with Gasteiger partial charge < -0.3 is 10.1 Å². The van der Waals surface area contributed by atoms with Crippen molar-refractivity contribution >= 4 is 16.9 Å². The molecule has 1 atom stereocenters. The van der Waals surface area contributed by atoms with Crippen molar-refractivity contribution in [3.05, 3.63) is 47.7 Å². The van der Waals surface area contributed by atoms with Crippen molar-refractivity contribution in [3.63, 3.8) is 0 Å². The number of benzene rings is 1. The Morgan fingerprint density at radius 2 is 2.00 bits per heavy atom. The third kappa shape index (κ3) is 3.14. The summed E-state index contributed by atoms with van der Waals surface area (Å²) in [6, 6.07) is 12.1. The van der Waals surface area contributed by atoms with Crippen LogP contribution >= 0.6 is 0 Å². The molecule has 2 aromatic heterocycles. The first-order valence-electron chi connectivity index (χ1n) is 8.92. The van der Waals surface area contributed by atoms with Crippen LogP contribution in [0, 0.1) is 13.8 Å². The zero-order valence-corrected chi connectivity index (χ0v) is 15.2. The van der Waals surface area contributed by atoms with E-state index in [2.05, 4.69) is 15.4 Å². The molecule has 1 aliphatic rings. The smallest absolute Gasteiger partial charge is 0.261 e. The number of ether oxygens (including phenoxy) is 1. The number of rotatable bonds is 5. The van der Waals surface area contributed by atoms with Crippen LogP contribution in [0.4, 0.5) is 0 Å². The fourth-order valence-electron chi connectivity index (χ4n) is 3.06. The quantitative estimate of drug-likeness (QED) is 0.768. The Bertz CT molecular complexity index is 961. The normalized spacial score (nSPS) is 15.0. The number of aryl methyl sites for hydroxylation is 2. The molecule has 0 bridgehead atoms. The summed E-state index contributed by atoms with van der Waals surface area (Å²) in [6.07, 6.45) is 1.52. The summed E-state index contributed by atoms with van der Waals surface area (Å²) in [4.78, 5) is 16.8. The van der Waals surface area contributed by atoms with Gasteiger partial charge >= 0.3 is 0 Å². The van der Waals surface area contributed by atoms with Gasteiger partial charge in [-0.3, -0.25) is 4.79 Å². The SMILES string of the molecule is Cc1cc(OC(C)C(=O)NC2CC2)nc2c1c(C)nn2-c1ccccc1. The number of nitrogens with one attached hydrogen (secondary N) is 1. The van der Waals surface area contributed by atoms with Gasteiger partial charge in [-0.05, 0) is 51.3 Å². The molecule has 1 N–H and O–H groups in total. The van der Waals surface area contributed by atoms with Gasteiger partial charge in [0.05, 0.1) is 11.4 Å². The largest absolute Gasteiger partial charge is 0.464 e. The van der Waals surface area contributed by atoms with Crippen molar-refractivity contribution in [3.8, 4) is 11.6 Å². The topological polar surface area (TPSA) is 69.0 Å². The molecule has 26 heavy (non-hydrogen) atoms. The number of hydrogen-bond donors (Lipinski definition) is 1. The highest BCUT2D eigenvalue weighted by atomic mass is 16.5. The Kier molecular flexibility index (Phi) is 4.11. The number of pyridine rings is 1. The van der Waals surface area contributed by atoms with Gasteiger partial charge in [-0.1, -0.05) is 18.2 Å². The van der Waals surface area contributed by atoms with E-state index >= 15 is 0 Å². The van der Waals surface area contributed by atoms with Crippen molar-refractivity contribution in [2.75, 3.05) is 0 Å². The van der Waals surface area contributed by atoms with Crippen LogP contribution in [0.1, 0.15) is 31.0 Å². The lowest BCUT2D eigenvalue weighted by atomic mass is 10.1. The Morgan fingerprint density at radius 1 is 1.27 bits per heavy atom. The molecule has 0 radical (unpaired) electrons. The molecule has 134 valence electrons. The van der Waals surface area contributed by atoms with Gasteiger partial charge in [0.1, 0.15) is 0 Å². The van der Waals surface area contributed by atoms with E-state index in [9.17, 15) is 4.79 Å². The lowest BCUT2D eigenvalue weighted by Crippen LogP contribution is -2.37. The third-order valence-corrected chi connectivity index (χ3v) is 4.58. The number of hydrogen-bond acceptors (Lipinski definition) is 4. The van der Waals surface area contributed by atoms with Crippen LogP contribution < -0.4 is 10.1 Å². The standard InChI is InChI=1S/C20H22N4O2/c1-12-11-17(26-14(3)20(25)21-15-9-10-15)22-19-18(12)13(2)23-24(19)16-7-5-4-6-8-16/h4-8,11,14-15H,9-10H2,1-3H3,(H,21,25). The first-order chi connectivity index (χ1) is 12.5. The Labute approximate surface area is 152 Å². The Hall–Kier alpha value is -2.89. The van der Waals surface area contributed by atoms with E-state index in [0.717, 1.165) is 40.8 Å². The molecule has 2 heterocycles. The summed E-state index contributed by atoms with van der Waals surface area (Å²) in [5, 5.41) is 8.61. The highest BCUT2D eigenvalue weighted by Crippen LogP contribution is 2.27. The van der Waals surface area contributed by atoms with Crippen molar-refractivity contribution in [2.45, 2.75) is 45.8 Å². The highest BCUT2D eigenvalue weighted by molar-refractivity contribution is 5.84. The minimum Gasteiger partial charge on any atom is -0.464 e. The maximum atomic E-state index is 12.2. The number of nitrogens with zero attached hydrogens (tertiary/aromatic N) is 3. The molecule has 1 saturated carbocycles. The lowest BCUT2D eigenvalue weighted by molar-refractivity contribution is -0.127. The zero-order valence-electron chi connectivity index (χ0n) is 15.2. The number of para-hydroxylation sites is 1. The third-order valence-electron chi connectivity index (χ3n) is 4.58. The first-order valence-corrected chi connectivity index (χ1v) is 8.92. The van der Waals surface area contributed by atoms with Crippen LogP contribution in [0.2, 0.25) is 0 Å². The molecule has 0 aliphatic heterocycles. The molecule has 1 amide bonds. The monoisotopic (exact) mass is 350 g/mol. The summed E-state index contributed by atoms with van der Waals surface area (Å²) in [6.45, 7) is 5.73. The second-order valence-corrected chi connectivity index (χ2v) is 6.85. The van der Waals surface area contributed by atoms with E-state index in [0.29, 0.717) is 11.9 Å². The Balaban J connectivity index is 1.69. The maximum absolute atomic E-state index is 12.2. The van der Waals surface area contributed by atoms with Crippen molar-refractivity contribution in [1.82, 2.24) is 20.1 Å². The van der Waals surface area contributed by atoms with Gasteiger partial charge in [0.15, 0.2) is 11.8 Å². The van der Waals surface area contributed by atoms with Crippen LogP contribution in [0.3, 0.4) is 0 Å². The summed E-state index contributed by atoms with van der Waals surface area (Å²) >= 11 is 0. The van der Waals surface area contributed by atoms with Gasteiger partial charge in [0.2, 0.25) is 5.88 Å². The zero-order chi connectivity index (χ0) is 18.3. The molecule has 3 aromatic rings. The van der Waals surface area contributed by atoms with E-state index in [1.165, 1.54) is 0 Å². The van der Waals surface area contributed by atoms with Gasteiger partial charge in [0, 0.05) is 17.5 Å². The van der Waals surface area contributed by atoms with E-state index < -0.39 is 6.10 Å². The minimum absolute atomic E-state index is 0.0974. The van der Waals surface area contributed by atoms with Crippen molar-refractivity contribution < 1.29 is 9.53 Å². The number of carbonyl (C=O) groups is 1. The summed E-state index contributed by atoms with van der Waals surface area (Å²) in [7, 11) is 0. The van der Waals surface area contributed by atoms with E-state index in [1.54, 1.807) is 6.92 Å². The molecule has 1 aromatic carbocycles. The summed E-state index contributed by atoms with van der Waals surface area (Å²) < 4.78 is 7.65. The summed E-state index contributed by atoms with van der Waals surface area (Å²) in [5.41, 5.74) is 3.62. The van der Waals surface area contributed by atoms with Crippen LogP contribution in [0.15, 0.2) is 36.4 Å². The van der Waals surface area contributed by atoms with Gasteiger partial charge in [-0.15, -0.1) is 0 Å². The number of fused-ring (bicyclic) bond motifs is 1. The highest BCUT2D eigenvalue weighted by Gasteiger charge is 2.26. The van der Waals surface area contributed by atoms with Crippen molar-refractivity contribution in [1.29, 1.82) is 0 Å². The predicted octanol–water partition coefficient (Wildman–Crippen LogP) is 3.08. The van der Waals surface area contributed by atoms with Crippen LogP contribution in [-0.2, 0) is 4.79 Å². The first kappa shape index (κ1) is 16.6. The van der Waals surface area contributed by atoms with E-state index in [-0.39, 0.29) is 5.91 Å². The second kappa shape index (κ2) is 6.44. The molecule has 4 rings (SSSR count). The van der Waals surface area contributed by atoms with E-state index in [1.807, 2.05) is 54.9 Å². The number of amides is 1. The molecule has 6 heteroatoms.